The van der Waals surface area contributed by atoms with Crippen LogP contribution in [0.5, 0.6) is 0 Å². The van der Waals surface area contributed by atoms with Crippen molar-refractivity contribution in [3.05, 3.63) is 0 Å². The molecule has 0 radical (unpaired) electrons. The fraction of sp³-hybridized carbons (Fsp3) is 0.909. The van der Waals surface area contributed by atoms with Crippen molar-refractivity contribution in [2.24, 2.45) is 0 Å². The summed E-state index contributed by atoms with van der Waals surface area (Å²) < 4.78 is 0. The van der Waals surface area contributed by atoms with E-state index in [9.17, 15) is 4.79 Å². The van der Waals surface area contributed by atoms with Crippen molar-refractivity contribution >= 4 is 5.91 Å². The Labute approximate surface area is 85.8 Å². The van der Waals surface area contributed by atoms with Gasteiger partial charge in [-0.25, -0.2) is 0 Å². The molecule has 1 heterocycles. The van der Waals surface area contributed by atoms with Crippen LogP contribution in [0.1, 0.15) is 44.9 Å². The number of likely N-dealkylation sites (N-methyl/N-ethyl adjacent to an activating group) is 1. The molecule has 3 heteroatoms. The molecule has 1 aliphatic carbocycles. The summed E-state index contributed by atoms with van der Waals surface area (Å²) in [7, 11) is 1.95. The molecule has 0 unspecified atom stereocenters. The van der Waals surface area contributed by atoms with Crippen molar-refractivity contribution in [1.29, 1.82) is 0 Å². The zero-order chi connectivity index (χ0) is 10.0. The Morgan fingerprint density at radius 1 is 1.14 bits per heavy atom. The van der Waals surface area contributed by atoms with Gasteiger partial charge in [0.25, 0.3) is 0 Å². The average Bonchev–Trinajstić information content (AvgIpc) is 2.41. The lowest BCUT2D eigenvalue weighted by Gasteiger charge is -2.37. The van der Waals surface area contributed by atoms with Gasteiger partial charge in [0.2, 0.25) is 5.91 Å². The molecule has 1 spiro atoms. The molecule has 1 saturated carbocycles. The molecule has 0 aromatic heterocycles. The van der Waals surface area contributed by atoms with Gasteiger partial charge in [-0.3, -0.25) is 10.1 Å². The Hall–Kier alpha value is -0.570. The Morgan fingerprint density at radius 2 is 1.71 bits per heavy atom. The highest BCUT2D eigenvalue weighted by atomic mass is 16.2. The first-order chi connectivity index (χ1) is 6.75. The van der Waals surface area contributed by atoms with E-state index in [1.807, 2.05) is 11.9 Å². The monoisotopic (exact) mass is 196 g/mol. The van der Waals surface area contributed by atoms with Gasteiger partial charge in [-0.1, -0.05) is 19.3 Å². The van der Waals surface area contributed by atoms with E-state index in [4.69, 9.17) is 0 Å². The van der Waals surface area contributed by atoms with Crippen molar-refractivity contribution in [2.75, 3.05) is 13.6 Å². The van der Waals surface area contributed by atoms with Crippen LogP contribution in [-0.4, -0.2) is 30.1 Å². The minimum absolute atomic E-state index is 0.0114. The third-order valence-electron chi connectivity index (χ3n) is 3.77. The lowest BCUT2D eigenvalue weighted by Crippen LogP contribution is -2.50. The number of rotatable bonds is 0. The maximum atomic E-state index is 11.5. The van der Waals surface area contributed by atoms with Gasteiger partial charge in [-0.15, -0.1) is 0 Å². The highest BCUT2D eigenvalue weighted by Crippen LogP contribution is 2.31. The largest absolute Gasteiger partial charge is 0.326 e. The quantitative estimate of drug-likeness (QED) is 0.636. The van der Waals surface area contributed by atoms with E-state index in [1.165, 1.54) is 32.1 Å². The first kappa shape index (κ1) is 9.97. The second-order valence-electron chi connectivity index (χ2n) is 4.61. The minimum Gasteiger partial charge on any atom is -0.326 e. The van der Waals surface area contributed by atoms with E-state index in [0.29, 0.717) is 6.54 Å². The molecule has 0 atom stereocenters. The van der Waals surface area contributed by atoms with E-state index in [-0.39, 0.29) is 11.6 Å². The smallest absolute Gasteiger partial charge is 0.237 e. The second-order valence-corrected chi connectivity index (χ2v) is 4.61. The van der Waals surface area contributed by atoms with Gasteiger partial charge >= 0.3 is 0 Å². The van der Waals surface area contributed by atoms with Crippen molar-refractivity contribution in [1.82, 2.24) is 10.2 Å². The van der Waals surface area contributed by atoms with Gasteiger partial charge in [0.1, 0.15) is 0 Å². The topological polar surface area (TPSA) is 32.3 Å². The van der Waals surface area contributed by atoms with Gasteiger partial charge in [-0.2, -0.15) is 0 Å². The van der Waals surface area contributed by atoms with E-state index in [2.05, 4.69) is 5.32 Å². The number of carbonyl (C=O) groups is 1. The molecule has 0 aromatic carbocycles. The Balaban J connectivity index is 2.07. The van der Waals surface area contributed by atoms with Crippen molar-refractivity contribution < 1.29 is 4.79 Å². The molecule has 1 amide bonds. The first-order valence-corrected chi connectivity index (χ1v) is 5.76. The first-order valence-electron chi connectivity index (χ1n) is 5.76. The number of hydrogen-bond donors (Lipinski definition) is 1. The molecule has 1 N–H and O–H groups in total. The summed E-state index contributed by atoms with van der Waals surface area (Å²) in [6.07, 6.45) is 8.80. The maximum absolute atomic E-state index is 11.5. The molecule has 14 heavy (non-hydrogen) atoms. The minimum atomic E-state index is 0.0114. The normalized spacial score (nSPS) is 27.8. The highest BCUT2D eigenvalue weighted by molar-refractivity contribution is 5.81. The standard InChI is InChI=1S/C11H20N2O/c1-13-10(14)9-12-11(13)7-5-3-2-4-6-8-11/h12H,2-9H2,1H3. The maximum Gasteiger partial charge on any atom is 0.237 e. The van der Waals surface area contributed by atoms with Crippen LogP contribution in [0.3, 0.4) is 0 Å². The van der Waals surface area contributed by atoms with Crippen LogP contribution < -0.4 is 5.32 Å². The summed E-state index contributed by atoms with van der Waals surface area (Å²) in [6.45, 7) is 0.538. The Morgan fingerprint density at radius 3 is 2.21 bits per heavy atom. The third-order valence-corrected chi connectivity index (χ3v) is 3.77. The SMILES string of the molecule is CN1C(=O)CNC12CCCCCCC2. The lowest BCUT2D eigenvalue weighted by atomic mass is 9.91. The number of amides is 1. The second kappa shape index (κ2) is 3.89. The van der Waals surface area contributed by atoms with Crippen LogP contribution >= 0.6 is 0 Å². The summed E-state index contributed by atoms with van der Waals surface area (Å²) in [5.74, 6) is 0.255. The van der Waals surface area contributed by atoms with Crippen molar-refractivity contribution in [2.45, 2.75) is 50.6 Å². The van der Waals surface area contributed by atoms with E-state index in [1.54, 1.807) is 0 Å². The molecule has 3 nitrogen and oxygen atoms in total. The van der Waals surface area contributed by atoms with Crippen LogP contribution in [0.4, 0.5) is 0 Å². The third kappa shape index (κ3) is 1.65. The zero-order valence-corrected chi connectivity index (χ0v) is 9.01. The Kier molecular flexibility index (Phi) is 2.77. The summed E-state index contributed by atoms with van der Waals surface area (Å²) in [6, 6.07) is 0. The van der Waals surface area contributed by atoms with Gasteiger partial charge in [0.15, 0.2) is 0 Å². The van der Waals surface area contributed by atoms with Gasteiger partial charge in [0, 0.05) is 7.05 Å². The molecule has 2 aliphatic rings. The fourth-order valence-corrected chi connectivity index (χ4v) is 2.72. The fourth-order valence-electron chi connectivity index (χ4n) is 2.72. The highest BCUT2D eigenvalue weighted by Gasteiger charge is 2.41. The molecule has 80 valence electrons. The summed E-state index contributed by atoms with van der Waals surface area (Å²) in [5.41, 5.74) is 0.0114. The summed E-state index contributed by atoms with van der Waals surface area (Å²) >= 11 is 0. The predicted molar refractivity (Wildman–Crippen MR) is 55.8 cm³/mol. The summed E-state index contributed by atoms with van der Waals surface area (Å²) in [4.78, 5) is 13.5. The molecule has 2 fully saturated rings. The predicted octanol–water partition coefficient (Wildman–Crippen LogP) is 1.49. The zero-order valence-electron chi connectivity index (χ0n) is 9.01. The lowest BCUT2D eigenvalue weighted by molar-refractivity contribution is -0.129. The molecular weight excluding hydrogens is 176 g/mol. The van der Waals surface area contributed by atoms with Crippen molar-refractivity contribution in [3.63, 3.8) is 0 Å². The van der Waals surface area contributed by atoms with Gasteiger partial charge < -0.3 is 4.90 Å². The van der Waals surface area contributed by atoms with Crippen LogP contribution in [0.25, 0.3) is 0 Å². The van der Waals surface area contributed by atoms with Gasteiger partial charge in [0.05, 0.1) is 12.2 Å². The molecule has 1 aliphatic heterocycles. The average molecular weight is 196 g/mol. The van der Waals surface area contributed by atoms with E-state index in [0.717, 1.165) is 12.8 Å². The molecule has 2 rings (SSSR count). The Bertz CT molecular complexity index is 219. The van der Waals surface area contributed by atoms with E-state index >= 15 is 0 Å². The van der Waals surface area contributed by atoms with Crippen LogP contribution in [0, 0.1) is 0 Å². The molecule has 0 bridgehead atoms. The molecular formula is C11H20N2O. The number of nitrogens with zero attached hydrogens (tertiary/aromatic N) is 1. The molecule has 0 aromatic rings. The van der Waals surface area contributed by atoms with Crippen molar-refractivity contribution in [3.8, 4) is 0 Å². The number of hydrogen-bond acceptors (Lipinski definition) is 2. The van der Waals surface area contributed by atoms with Gasteiger partial charge in [-0.05, 0) is 25.7 Å². The molecule has 1 saturated heterocycles. The van der Waals surface area contributed by atoms with Crippen LogP contribution in [0.15, 0.2) is 0 Å². The van der Waals surface area contributed by atoms with Crippen LogP contribution in [0.2, 0.25) is 0 Å². The van der Waals surface area contributed by atoms with Crippen LogP contribution in [-0.2, 0) is 4.79 Å². The van der Waals surface area contributed by atoms with E-state index < -0.39 is 0 Å². The summed E-state index contributed by atoms with van der Waals surface area (Å²) in [5, 5.41) is 3.42. The number of carbonyl (C=O) groups excluding carboxylic acids is 1. The number of nitrogens with one attached hydrogen (secondary N) is 1.